The van der Waals surface area contributed by atoms with Crippen molar-refractivity contribution in [2.45, 2.75) is 45.1 Å². The van der Waals surface area contributed by atoms with Crippen LogP contribution < -0.4 is 5.56 Å². The van der Waals surface area contributed by atoms with E-state index in [1.165, 1.54) is 31.4 Å². The van der Waals surface area contributed by atoms with Gasteiger partial charge in [0.05, 0.1) is 0 Å². The third-order valence-corrected chi connectivity index (χ3v) is 3.52. The van der Waals surface area contributed by atoms with Gasteiger partial charge in [0.15, 0.2) is 0 Å². The maximum atomic E-state index is 12.3. The van der Waals surface area contributed by atoms with E-state index in [2.05, 4.69) is 10.2 Å². The molecule has 1 aliphatic rings. The lowest BCUT2D eigenvalue weighted by Gasteiger charge is -2.33. The number of aromatic nitrogens is 2. The first-order valence-electron chi connectivity index (χ1n) is 6.59. The van der Waals surface area contributed by atoms with Gasteiger partial charge >= 0.3 is 0 Å². The van der Waals surface area contributed by atoms with Crippen molar-refractivity contribution < 1.29 is 4.79 Å². The molecule has 18 heavy (non-hydrogen) atoms. The highest BCUT2D eigenvalue weighted by Gasteiger charge is 2.25. The largest absolute Gasteiger partial charge is 0.335 e. The maximum absolute atomic E-state index is 12.3. The van der Waals surface area contributed by atoms with Crippen LogP contribution in [0.3, 0.4) is 0 Å². The molecule has 0 atom stereocenters. The van der Waals surface area contributed by atoms with Crippen LogP contribution in [-0.2, 0) is 0 Å². The van der Waals surface area contributed by atoms with Crippen LogP contribution in [0.2, 0.25) is 0 Å². The van der Waals surface area contributed by atoms with Gasteiger partial charge in [0, 0.05) is 18.7 Å². The fraction of sp³-hybridized carbons (Fsp3) is 0.615. The topological polar surface area (TPSA) is 66.1 Å². The third-order valence-electron chi connectivity index (χ3n) is 3.52. The van der Waals surface area contributed by atoms with Crippen LogP contribution in [0.5, 0.6) is 0 Å². The second-order valence-electron chi connectivity index (χ2n) is 4.69. The molecular weight excluding hydrogens is 230 g/mol. The molecule has 0 spiro atoms. The van der Waals surface area contributed by atoms with E-state index in [1.54, 1.807) is 0 Å². The molecule has 1 heterocycles. The van der Waals surface area contributed by atoms with Crippen molar-refractivity contribution in [3.8, 4) is 0 Å². The zero-order valence-corrected chi connectivity index (χ0v) is 10.7. The van der Waals surface area contributed by atoms with Crippen LogP contribution in [0.25, 0.3) is 0 Å². The average molecular weight is 249 g/mol. The number of rotatable bonds is 3. The summed E-state index contributed by atoms with van der Waals surface area (Å²) in [7, 11) is 0. The molecule has 0 saturated heterocycles. The first kappa shape index (κ1) is 12.8. The predicted octanol–water partition coefficient (Wildman–Crippen LogP) is 1.56. The number of nitrogens with zero attached hydrogens (tertiary/aromatic N) is 2. The van der Waals surface area contributed by atoms with Crippen LogP contribution >= 0.6 is 0 Å². The lowest BCUT2D eigenvalue weighted by molar-refractivity contribution is 0.0640. The molecule has 1 saturated carbocycles. The van der Waals surface area contributed by atoms with Gasteiger partial charge in [-0.2, -0.15) is 5.10 Å². The van der Waals surface area contributed by atoms with E-state index in [9.17, 15) is 9.59 Å². The van der Waals surface area contributed by atoms with Gasteiger partial charge in [-0.25, -0.2) is 5.10 Å². The summed E-state index contributed by atoms with van der Waals surface area (Å²) < 4.78 is 0. The molecule has 0 aliphatic heterocycles. The lowest BCUT2D eigenvalue weighted by Crippen LogP contribution is -2.41. The summed E-state index contributed by atoms with van der Waals surface area (Å²) in [5.41, 5.74) is 0.0364. The highest BCUT2D eigenvalue weighted by atomic mass is 16.2. The minimum atomic E-state index is -0.285. The van der Waals surface area contributed by atoms with Crippen LogP contribution in [0.4, 0.5) is 0 Å². The standard InChI is InChI=1S/C13H19N3O2/c1-2-16(10-6-4-3-5-7-10)13(18)11-8-9-12(17)15-14-11/h8-10H,2-7H2,1H3,(H,15,17). The number of carbonyl (C=O) groups is 1. The van der Waals surface area contributed by atoms with Gasteiger partial charge in [0.25, 0.3) is 11.5 Å². The molecule has 5 nitrogen and oxygen atoms in total. The molecule has 1 aromatic rings. The van der Waals surface area contributed by atoms with E-state index < -0.39 is 0 Å². The molecule has 0 bridgehead atoms. The average Bonchev–Trinajstić information content (AvgIpc) is 2.41. The minimum Gasteiger partial charge on any atom is -0.335 e. The van der Waals surface area contributed by atoms with Crippen LogP contribution in [0, 0.1) is 0 Å². The molecule has 98 valence electrons. The SMILES string of the molecule is CCN(C(=O)c1ccc(=O)[nH]n1)C1CCCCC1. The van der Waals surface area contributed by atoms with Crippen molar-refractivity contribution >= 4 is 5.91 Å². The summed E-state index contributed by atoms with van der Waals surface area (Å²) in [5, 5.41) is 6.12. The van der Waals surface area contributed by atoms with Gasteiger partial charge in [-0.05, 0) is 25.8 Å². The van der Waals surface area contributed by atoms with Crippen molar-refractivity contribution in [1.29, 1.82) is 0 Å². The first-order chi connectivity index (χ1) is 8.72. The Bertz CT molecular complexity index is 443. The van der Waals surface area contributed by atoms with Crippen molar-refractivity contribution in [3.63, 3.8) is 0 Å². The van der Waals surface area contributed by atoms with Crippen molar-refractivity contribution in [3.05, 3.63) is 28.2 Å². The van der Waals surface area contributed by atoms with Crippen molar-refractivity contribution in [2.24, 2.45) is 0 Å². The zero-order valence-electron chi connectivity index (χ0n) is 10.7. The number of amides is 1. The second-order valence-corrected chi connectivity index (χ2v) is 4.69. The molecule has 1 fully saturated rings. The summed E-state index contributed by atoms with van der Waals surface area (Å²) in [6.07, 6.45) is 5.78. The Morgan fingerprint density at radius 2 is 2.11 bits per heavy atom. The molecule has 0 radical (unpaired) electrons. The van der Waals surface area contributed by atoms with Crippen molar-refractivity contribution in [1.82, 2.24) is 15.1 Å². The molecule has 1 N–H and O–H groups in total. The zero-order chi connectivity index (χ0) is 13.0. The summed E-state index contributed by atoms with van der Waals surface area (Å²) in [5.74, 6) is -0.0827. The quantitative estimate of drug-likeness (QED) is 0.884. The molecule has 1 amide bonds. The normalized spacial score (nSPS) is 16.5. The summed E-state index contributed by atoms with van der Waals surface area (Å²) in [4.78, 5) is 25.1. The third kappa shape index (κ3) is 2.78. The Morgan fingerprint density at radius 3 is 2.67 bits per heavy atom. The van der Waals surface area contributed by atoms with E-state index in [1.807, 2.05) is 11.8 Å². The fourth-order valence-corrected chi connectivity index (χ4v) is 2.57. The van der Waals surface area contributed by atoms with E-state index in [4.69, 9.17) is 0 Å². The predicted molar refractivity (Wildman–Crippen MR) is 68.4 cm³/mol. The monoisotopic (exact) mass is 249 g/mol. The van der Waals surface area contributed by atoms with E-state index in [0.29, 0.717) is 18.3 Å². The highest BCUT2D eigenvalue weighted by Crippen LogP contribution is 2.23. The van der Waals surface area contributed by atoms with Gasteiger partial charge in [0.2, 0.25) is 0 Å². The van der Waals surface area contributed by atoms with E-state index in [0.717, 1.165) is 12.8 Å². The van der Waals surface area contributed by atoms with Gasteiger partial charge in [-0.15, -0.1) is 0 Å². The van der Waals surface area contributed by atoms with Gasteiger partial charge in [-0.3, -0.25) is 9.59 Å². The van der Waals surface area contributed by atoms with Gasteiger partial charge in [-0.1, -0.05) is 19.3 Å². The molecule has 0 aromatic carbocycles. The Kier molecular flexibility index (Phi) is 4.12. The second kappa shape index (κ2) is 5.80. The molecular formula is C13H19N3O2. The Morgan fingerprint density at radius 1 is 1.39 bits per heavy atom. The number of nitrogens with one attached hydrogen (secondary N) is 1. The fourth-order valence-electron chi connectivity index (χ4n) is 2.57. The summed E-state index contributed by atoms with van der Waals surface area (Å²) >= 11 is 0. The highest BCUT2D eigenvalue weighted by molar-refractivity contribution is 5.92. The molecule has 0 unspecified atom stereocenters. The lowest BCUT2D eigenvalue weighted by atomic mass is 9.94. The first-order valence-corrected chi connectivity index (χ1v) is 6.59. The van der Waals surface area contributed by atoms with Gasteiger partial charge < -0.3 is 4.90 Å². The van der Waals surface area contributed by atoms with Crippen LogP contribution in [-0.4, -0.2) is 33.6 Å². The smallest absolute Gasteiger partial charge is 0.274 e. The maximum Gasteiger partial charge on any atom is 0.274 e. The molecule has 1 aliphatic carbocycles. The van der Waals surface area contributed by atoms with Crippen molar-refractivity contribution in [2.75, 3.05) is 6.54 Å². The number of carbonyl (C=O) groups excluding carboxylic acids is 1. The Labute approximate surface area is 106 Å². The molecule has 1 aromatic heterocycles. The van der Waals surface area contributed by atoms with Gasteiger partial charge in [0.1, 0.15) is 5.69 Å². The number of aromatic amines is 1. The Balaban J connectivity index is 2.13. The number of hydrogen-bond donors (Lipinski definition) is 1. The number of hydrogen-bond acceptors (Lipinski definition) is 3. The summed E-state index contributed by atoms with van der Waals surface area (Å²) in [6, 6.07) is 3.16. The van der Waals surface area contributed by atoms with Crippen LogP contribution in [0.1, 0.15) is 49.5 Å². The number of H-pyrrole nitrogens is 1. The molecule has 5 heteroatoms. The summed E-state index contributed by atoms with van der Waals surface area (Å²) in [6.45, 7) is 2.67. The van der Waals surface area contributed by atoms with E-state index in [-0.39, 0.29) is 11.5 Å². The van der Waals surface area contributed by atoms with Crippen LogP contribution in [0.15, 0.2) is 16.9 Å². The minimum absolute atomic E-state index is 0.0827. The Hall–Kier alpha value is -1.65. The van der Waals surface area contributed by atoms with E-state index >= 15 is 0 Å². The molecule has 2 rings (SSSR count).